The quantitative estimate of drug-likeness (QED) is 0.401. The van der Waals surface area contributed by atoms with Crippen LogP contribution in [-0.4, -0.2) is 18.4 Å². The first-order chi connectivity index (χ1) is 15.9. The largest absolute Gasteiger partial charge is 0.492 e. The summed E-state index contributed by atoms with van der Waals surface area (Å²) in [6.07, 6.45) is 0. The van der Waals surface area contributed by atoms with Gasteiger partial charge in [0.25, 0.3) is 11.8 Å². The van der Waals surface area contributed by atoms with Gasteiger partial charge in [0.2, 0.25) is 0 Å². The van der Waals surface area contributed by atoms with Crippen molar-refractivity contribution in [2.45, 2.75) is 25.7 Å². The number of amides is 2. The predicted octanol–water partition coefficient (Wildman–Crippen LogP) is 6.34. The Kier molecular flexibility index (Phi) is 6.77. The predicted molar refractivity (Wildman–Crippen MR) is 134 cm³/mol. The highest BCUT2D eigenvalue weighted by Crippen LogP contribution is 2.39. The summed E-state index contributed by atoms with van der Waals surface area (Å²) in [7, 11) is 0. The van der Waals surface area contributed by atoms with E-state index in [9.17, 15) is 9.59 Å². The zero-order valence-electron chi connectivity index (χ0n) is 18.5. The normalized spacial score (nSPS) is 13.6. The molecule has 168 valence electrons. The topological polar surface area (TPSA) is 58.6 Å². The van der Waals surface area contributed by atoms with Crippen molar-refractivity contribution >= 4 is 46.6 Å². The number of nitrogens with one attached hydrogen (secondary N) is 1. The lowest BCUT2D eigenvalue weighted by atomic mass is 10.1. The lowest BCUT2D eigenvalue weighted by molar-refractivity contribution is -0.120. The van der Waals surface area contributed by atoms with Crippen LogP contribution in [0.15, 0.2) is 82.2 Å². The van der Waals surface area contributed by atoms with Gasteiger partial charge in [-0.1, -0.05) is 41.6 Å². The Hall–Kier alpha value is -3.22. The first-order valence-electron chi connectivity index (χ1n) is 10.5. The number of hydrogen-bond acceptors (Lipinski definition) is 5. The minimum Gasteiger partial charge on any atom is -0.492 e. The van der Waals surface area contributed by atoms with E-state index in [4.69, 9.17) is 16.3 Å². The van der Waals surface area contributed by atoms with E-state index in [0.29, 0.717) is 33.7 Å². The molecule has 0 atom stereocenters. The van der Waals surface area contributed by atoms with E-state index in [0.717, 1.165) is 16.0 Å². The number of halogens is 1. The maximum absolute atomic E-state index is 13.6. The number of carbonyl (C=O) groups is 2. The first-order valence-corrected chi connectivity index (χ1v) is 11.7. The molecular formula is C26H23ClN2O3S. The summed E-state index contributed by atoms with van der Waals surface area (Å²) in [6.45, 7) is 6.25. The minimum atomic E-state index is -0.409. The summed E-state index contributed by atoms with van der Waals surface area (Å²) in [5.74, 6) is -0.178. The summed E-state index contributed by atoms with van der Waals surface area (Å²) in [5, 5.41) is 3.78. The molecule has 0 radical (unpaired) electrons. The second-order valence-corrected chi connectivity index (χ2v) is 9.13. The Morgan fingerprint density at radius 1 is 0.939 bits per heavy atom. The highest BCUT2D eigenvalue weighted by atomic mass is 35.5. The van der Waals surface area contributed by atoms with Crippen molar-refractivity contribution in [1.82, 2.24) is 0 Å². The third-order valence-corrected chi connectivity index (χ3v) is 6.33. The highest BCUT2D eigenvalue weighted by Gasteiger charge is 2.40. The number of aryl methyl sites for hydroxylation is 2. The molecule has 4 rings (SSSR count). The molecule has 1 N–H and O–H groups in total. The summed E-state index contributed by atoms with van der Waals surface area (Å²) in [4.78, 5) is 29.5. The van der Waals surface area contributed by atoms with Gasteiger partial charge in [0, 0.05) is 9.92 Å². The van der Waals surface area contributed by atoms with Crippen molar-refractivity contribution in [3.63, 3.8) is 0 Å². The molecule has 1 aliphatic heterocycles. The Bertz CT molecular complexity index is 1230. The standard InChI is InChI=1S/C26H23ClN2O3S/c1-4-32-22-8-6-5-7-21(22)28-23-24(33-20-11-9-18(27)10-12-20)26(31)29(25(23)30)19-14-16(2)13-17(3)15-19/h5-15,28H,4H2,1-3H3. The van der Waals surface area contributed by atoms with Crippen LogP contribution in [0, 0.1) is 13.8 Å². The molecule has 0 saturated carbocycles. The molecule has 0 saturated heterocycles. The molecule has 0 unspecified atom stereocenters. The molecule has 7 heteroatoms. The lowest BCUT2D eigenvalue weighted by Crippen LogP contribution is -2.32. The van der Waals surface area contributed by atoms with Crippen molar-refractivity contribution in [2.24, 2.45) is 0 Å². The number of benzene rings is 3. The van der Waals surface area contributed by atoms with E-state index in [2.05, 4.69) is 5.32 Å². The summed E-state index contributed by atoms with van der Waals surface area (Å²) >= 11 is 7.25. The maximum atomic E-state index is 13.6. The molecule has 0 spiro atoms. The van der Waals surface area contributed by atoms with Gasteiger partial charge in [-0.2, -0.15) is 0 Å². The fourth-order valence-electron chi connectivity index (χ4n) is 3.64. The number of hydrogen-bond donors (Lipinski definition) is 1. The minimum absolute atomic E-state index is 0.214. The number of imide groups is 1. The molecule has 0 bridgehead atoms. The van der Waals surface area contributed by atoms with Gasteiger partial charge in [-0.15, -0.1) is 0 Å². The van der Waals surface area contributed by atoms with Gasteiger partial charge in [-0.3, -0.25) is 9.59 Å². The Labute approximate surface area is 202 Å². The summed E-state index contributed by atoms with van der Waals surface area (Å²) in [6, 6.07) is 20.2. The van der Waals surface area contributed by atoms with Crippen LogP contribution in [0.1, 0.15) is 18.1 Å². The second kappa shape index (κ2) is 9.73. The lowest BCUT2D eigenvalue weighted by Gasteiger charge is -2.17. The van der Waals surface area contributed by atoms with E-state index < -0.39 is 5.91 Å². The average molecular weight is 479 g/mol. The van der Waals surface area contributed by atoms with Crippen LogP contribution in [0.4, 0.5) is 11.4 Å². The van der Waals surface area contributed by atoms with Crippen LogP contribution in [0.5, 0.6) is 5.75 Å². The van der Waals surface area contributed by atoms with Gasteiger partial charge in [0.1, 0.15) is 16.4 Å². The van der Waals surface area contributed by atoms with Crippen molar-refractivity contribution < 1.29 is 14.3 Å². The third kappa shape index (κ3) is 4.92. The van der Waals surface area contributed by atoms with E-state index in [1.165, 1.54) is 16.7 Å². The van der Waals surface area contributed by atoms with Crippen LogP contribution in [0.3, 0.4) is 0 Å². The Balaban J connectivity index is 1.78. The molecule has 1 heterocycles. The van der Waals surface area contributed by atoms with Gasteiger partial charge < -0.3 is 10.1 Å². The van der Waals surface area contributed by atoms with Crippen LogP contribution in [-0.2, 0) is 9.59 Å². The number of thioether (sulfide) groups is 1. The van der Waals surface area contributed by atoms with Crippen molar-refractivity contribution in [3.8, 4) is 5.75 Å². The average Bonchev–Trinajstić information content (AvgIpc) is 3.00. The fraction of sp³-hybridized carbons (Fsp3) is 0.154. The molecule has 0 fully saturated rings. The molecule has 5 nitrogen and oxygen atoms in total. The zero-order valence-corrected chi connectivity index (χ0v) is 20.1. The van der Waals surface area contributed by atoms with Gasteiger partial charge in [0.05, 0.1) is 18.0 Å². The van der Waals surface area contributed by atoms with Crippen molar-refractivity contribution in [3.05, 3.63) is 93.5 Å². The third-order valence-electron chi connectivity index (χ3n) is 4.99. The summed E-state index contributed by atoms with van der Waals surface area (Å²) < 4.78 is 5.70. The highest BCUT2D eigenvalue weighted by molar-refractivity contribution is 8.04. The number of para-hydroxylation sites is 2. The van der Waals surface area contributed by atoms with Gasteiger partial charge in [-0.25, -0.2) is 4.90 Å². The Morgan fingerprint density at radius 3 is 2.27 bits per heavy atom. The fourth-order valence-corrected chi connectivity index (χ4v) is 4.69. The van der Waals surface area contributed by atoms with Crippen LogP contribution in [0.2, 0.25) is 5.02 Å². The molecule has 33 heavy (non-hydrogen) atoms. The number of ether oxygens (including phenoxy) is 1. The van der Waals surface area contributed by atoms with Crippen LogP contribution in [0.25, 0.3) is 0 Å². The number of carbonyl (C=O) groups excluding carboxylic acids is 2. The van der Waals surface area contributed by atoms with E-state index in [-0.39, 0.29) is 11.6 Å². The van der Waals surface area contributed by atoms with E-state index in [1.54, 1.807) is 12.1 Å². The van der Waals surface area contributed by atoms with E-state index >= 15 is 0 Å². The van der Waals surface area contributed by atoms with Crippen LogP contribution >= 0.6 is 23.4 Å². The van der Waals surface area contributed by atoms with Gasteiger partial charge in [-0.05, 0) is 80.4 Å². The molecule has 1 aliphatic rings. The van der Waals surface area contributed by atoms with Crippen molar-refractivity contribution in [1.29, 1.82) is 0 Å². The molecular weight excluding hydrogens is 456 g/mol. The van der Waals surface area contributed by atoms with E-state index in [1.807, 2.05) is 75.4 Å². The molecule has 0 aliphatic carbocycles. The van der Waals surface area contributed by atoms with Crippen LogP contribution < -0.4 is 15.0 Å². The number of rotatable bonds is 7. The monoisotopic (exact) mass is 478 g/mol. The zero-order chi connectivity index (χ0) is 23.5. The maximum Gasteiger partial charge on any atom is 0.283 e. The van der Waals surface area contributed by atoms with Gasteiger partial charge in [0.15, 0.2) is 0 Å². The number of anilines is 2. The first kappa shape index (κ1) is 23.0. The molecule has 0 aromatic heterocycles. The number of nitrogens with zero attached hydrogens (tertiary/aromatic N) is 1. The second-order valence-electron chi connectivity index (χ2n) is 7.61. The molecule has 3 aromatic rings. The summed E-state index contributed by atoms with van der Waals surface area (Å²) in [5.41, 5.74) is 3.33. The molecule has 3 aromatic carbocycles. The molecule has 2 amide bonds. The Morgan fingerprint density at radius 2 is 1.61 bits per heavy atom. The SMILES string of the molecule is CCOc1ccccc1NC1=C(Sc2ccc(Cl)cc2)C(=O)N(c2cc(C)cc(C)c2)C1=O. The smallest absolute Gasteiger partial charge is 0.283 e. The van der Waals surface area contributed by atoms with Crippen molar-refractivity contribution in [2.75, 3.05) is 16.8 Å². The van der Waals surface area contributed by atoms with Gasteiger partial charge >= 0.3 is 0 Å².